The van der Waals surface area contributed by atoms with Gasteiger partial charge < -0.3 is 0 Å². The SMILES string of the molecule is Cc1cc2c(C(C)C)cc(C(C)C)cc2[cH-]1.Cc1cc2c(C(C)C)cc(C(C)C)cc2[cH-]1.[Zr+2]. The molecule has 0 aromatic heterocycles. The first-order valence-corrected chi connectivity index (χ1v) is 12.4. The van der Waals surface area contributed by atoms with Gasteiger partial charge >= 0.3 is 26.2 Å². The third-order valence-electron chi connectivity index (χ3n) is 6.62. The van der Waals surface area contributed by atoms with Crippen LogP contribution in [0.4, 0.5) is 0 Å². The van der Waals surface area contributed by atoms with Crippen LogP contribution in [-0.2, 0) is 26.2 Å². The van der Waals surface area contributed by atoms with Gasteiger partial charge in [-0.1, -0.05) is 104 Å². The van der Waals surface area contributed by atoms with Crippen LogP contribution in [0.5, 0.6) is 0 Å². The second kappa shape index (κ2) is 11.3. The molecule has 0 atom stereocenters. The van der Waals surface area contributed by atoms with Gasteiger partial charge in [-0.2, -0.15) is 12.1 Å². The normalized spacial score (nSPS) is 11.6. The molecule has 0 aliphatic rings. The molecule has 0 aliphatic heterocycles. The Kier molecular flexibility index (Phi) is 9.53. The number of hydrogen-bond donors (Lipinski definition) is 0. The fraction of sp³-hybridized carbons (Fsp3) is 0.438. The number of fused-ring (bicyclic) bond motifs is 2. The second-order valence-electron chi connectivity index (χ2n) is 10.9. The topological polar surface area (TPSA) is 0 Å². The van der Waals surface area contributed by atoms with E-state index in [2.05, 4.69) is 118 Å². The summed E-state index contributed by atoms with van der Waals surface area (Å²) in [4.78, 5) is 0. The Labute approximate surface area is 221 Å². The Hall–Kier alpha value is -1.46. The average Bonchev–Trinajstić information content (AvgIpc) is 3.26. The van der Waals surface area contributed by atoms with E-state index >= 15 is 0 Å². The van der Waals surface area contributed by atoms with E-state index < -0.39 is 0 Å². The Morgan fingerprint density at radius 1 is 0.485 bits per heavy atom. The first kappa shape index (κ1) is 27.8. The minimum absolute atomic E-state index is 0. The summed E-state index contributed by atoms with van der Waals surface area (Å²) in [5, 5.41) is 5.70. The Morgan fingerprint density at radius 3 is 1.09 bits per heavy atom. The van der Waals surface area contributed by atoms with Gasteiger partial charge in [0.25, 0.3) is 0 Å². The maximum atomic E-state index is 2.39. The minimum Gasteiger partial charge on any atom is -0.165 e. The Morgan fingerprint density at radius 2 is 0.818 bits per heavy atom. The molecule has 33 heavy (non-hydrogen) atoms. The molecule has 0 amide bonds. The van der Waals surface area contributed by atoms with Gasteiger partial charge in [0.1, 0.15) is 0 Å². The van der Waals surface area contributed by atoms with E-state index in [4.69, 9.17) is 0 Å². The maximum Gasteiger partial charge on any atom is 2.00 e. The van der Waals surface area contributed by atoms with Crippen molar-refractivity contribution in [2.24, 2.45) is 0 Å². The molecule has 0 nitrogen and oxygen atoms in total. The summed E-state index contributed by atoms with van der Waals surface area (Å²) in [6.45, 7) is 22.5. The molecule has 4 aromatic rings. The predicted molar refractivity (Wildman–Crippen MR) is 145 cm³/mol. The van der Waals surface area contributed by atoms with E-state index in [9.17, 15) is 0 Å². The zero-order valence-corrected chi connectivity index (χ0v) is 24.9. The molecule has 0 aliphatic carbocycles. The van der Waals surface area contributed by atoms with Crippen molar-refractivity contribution in [1.29, 1.82) is 0 Å². The average molecular weight is 518 g/mol. The molecule has 4 aromatic carbocycles. The Bertz CT molecular complexity index is 1100. The molecule has 0 heterocycles. The van der Waals surface area contributed by atoms with Crippen LogP contribution >= 0.6 is 0 Å². The van der Waals surface area contributed by atoms with Crippen molar-refractivity contribution < 1.29 is 26.2 Å². The van der Waals surface area contributed by atoms with Crippen LogP contribution in [0.15, 0.2) is 48.5 Å². The van der Waals surface area contributed by atoms with Gasteiger partial charge in [0.2, 0.25) is 0 Å². The van der Waals surface area contributed by atoms with Crippen molar-refractivity contribution in [2.45, 2.75) is 92.9 Å². The van der Waals surface area contributed by atoms with Crippen molar-refractivity contribution >= 4 is 21.5 Å². The first-order chi connectivity index (χ1) is 15.0. The third-order valence-corrected chi connectivity index (χ3v) is 6.62. The maximum absolute atomic E-state index is 2.39. The summed E-state index contributed by atoms with van der Waals surface area (Å²) in [6.07, 6.45) is 0. The van der Waals surface area contributed by atoms with Crippen molar-refractivity contribution in [3.05, 3.63) is 81.9 Å². The molecular weight excluding hydrogens is 476 g/mol. The standard InChI is InChI=1S/2C16H21.Zr/c2*1-10(2)13-8-14-6-12(5)7-16(14)15(9-13)11(3)4;/h2*6-11H,1-5H3;/q2*-1;+2. The number of hydrogen-bond acceptors (Lipinski definition) is 0. The molecule has 1 heteroatoms. The second-order valence-corrected chi connectivity index (χ2v) is 10.9. The van der Waals surface area contributed by atoms with E-state index in [1.165, 1.54) is 54.9 Å². The number of rotatable bonds is 4. The van der Waals surface area contributed by atoms with E-state index in [0.29, 0.717) is 23.7 Å². The van der Waals surface area contributed by atoms with Crippen molar-refractivity contribution in [3.63, 3.8) is 0 Å². The molecule has 0 unspecified atom stereocenters. The quantitative estimate of drug-likeness (QED) is 0.236. The van der Waals surface area contributed by atoms with E-state index in [1.807, 2.05) is 0 Å². The molecule has 4 rings (SSSR count). The third kappa shape index (κ3) is 6.36. The largest absolute Gasteiger partial charge is 2.00 e. The molecule has 174 valence electrons. The van der Waals surface area contributed by atoms with Gasteiger partial charge in [0, 0.05) is 0 Å². The molecule has 0 saturated heterocycles. The zero-order valence-electron chi connectivity index (χ0n) is 22.4. The van der Waals surface area contributed by atoms with Crippen molar-refractivity contribution in [2.75, 3.05) is 0 Å². The van der Waals surface area contributed by atoms with Crippen LogP contribution in [0.3, 0.4) is 0 Å². The summed E-state index contributed by atoms with van der Waals surface area (Å²) >= 11 is 0. The molecule has 0 fully saturated rings. The van der Waals surface area contributed by atoms with Crippen LogP contribution in [0.25, 0.3) is 21.5 Å². The van der Waals surface area contributed by atoms with E-state index in [0.717, 1.165) is 0 Å². The van der Waals surface area contributed by atoms with Crippen LogP contribution in [-0.4, -0.2) is 0 Å². The van der Waals surface area contributed by atoms with Gasteiger partial charge in [0.05, 0.1) is 0 Å². The summed E-state index contributed by atoms with van der Waals surface area (Å²) in [6, 6.07) is 18.7. The smallest absolute Gasteiger partial charge is 0.165 e. The fourth-order valence-corrected chi connectivity index (χ4v) is 4.67. The van der Waals surface area contributed by atoms with Crippen LogP contribution in [0.2, 0.25) is 0 Å². The Balaban J connectivity index is 0.000000227. The molecule has 0 saturated carbocycles. The van der Waals surface area contributed by atoms with Gasteiger partial charge in [-0.25, -0.2) is 0 Å². The van der Waals surface area contributed by atoms with Gasteiger partial charge in [-0.05, 0) is 23.7 Å². The fourth-order valence-electron chi connectivity index (χ4n) is 4.67. The number of benzene rings is 2. The van der Waals surface area contributed by atoms with E-state index in [1.54, 1.807) is 0 Å². The zero-order chi connectivity index (χ0) is 23.7. The van der Waals surface area contributed by atoms with Gasteiger partial charge in [0.15, 0.2) is 0 Å². The first-order valence-electron chi connectivity index (χ1n) is 12.4. The van der Waals surface area contributed by atoms with Crippen LogP contribution in [0.1, 0.15) is 112 Å². The summed E-state index contributed by atoms with van der Waals surface area (Å²) in [5.41, 5.74) is 8.66. The summed E-state index contributed by atoms with van der Waals surface area (Å²) < 4.78 is 0. The molecular formula is C32H42Zr. The van der Waals surface area contributed by atoms with Crippen LogP contribution < -0.4 is 0 Å². The predicted octanol–water partition coefficient (Wildman–Crippen LogP) is 10.2. The van der Waals surface area contributed by atoms with Crippen molar-refractivity contribution in [3.8, 4) is 0 Å². The van der Waals surface area contributed by atoms with Crippen molar-refractivity contribution in [1.82, 2.24) is 0 Å². The van der Waals surface area contributed by atoms with Crippen LogP contribution in [0, 0.1) is 13.8 Å². The van der Waals surface area contributed by atoms with Gasteiger partial charge in [-0.3, -0.25) is 0 Å². The summed E-state index contributed by atoms with van der Waals surface area (Å²) in [5.74, 6) is 2.42. The van der Waals surface area contributed by atoms with E-state index in [-0.39, 0.29) is 26.2 Å². The number of aryl methyl sites for hydroxylation is 2. The molecule has 0 radical (unpaired) electrons. The molecule has 0 spiro atoms. The minimum atomic E-state index is 0. The van der Waals surface area contributed by atoms with Gasteiger partial charge in [-0.15, -0.1) is 56.9 Å². The molecule has 0 bridgehead atoms. The molecule has 0 N–H and O–H groups in total. The summed E-state index contributed by atoms with van der Waals surface area (Å²) in [7, 11) is 0. The monoisotopic (exact) mass is 516 g/mol.